The van der Waals surface area contributed by atoms with Crippen LogP contribution in [0.3, 0.4) is 0 Å². The number of terminal acetylenes is 1. The molecule has 0 aliphatic heterocycles. The Kier molecular flexibility index (Phi) is 3.18. The molecule has 0 radical (unpaired) electrons. The molecular weight excluding hydrogens is 164 g/mol. The van der Waals surface area contributed by atoms with Crippen LogP contribution in [0, 0.1) is 12.3 Å². The van der Waals surface area contributed by atoms with E-state index in [9.17, 15) is 4.79 Å². The molecule has 0 saturated heterocycles. The van der Waals surface area contributed by atoms with Gasteiger partial charge in [-0.1, -0.05) is 5.92 Å². The Morgan fingerprint density at radius 3 is 3.08 bits per heavy atom. The first-order chi connectivity index (χ1) is 6.27. The number of Topliss-reactive ketones (excluding diaryl/α,β-unsaturated/α-hetero) is 1. The smallest absolute Gasteiger partial charge is 0.174 e. The third-order valence-electron chi connectivity index (χ3n) is 1.61. The Labute approximate surface area is 77.0 Å². The fraction of sp³-hybridized carbons (Fsp3) is 0.200. The Balaban J connectivity index is 2.89. The van der Waals surface area contributed by atoms with E-state index in [1.807, 2.05) is 0 Å². The molecule has 1 heterocycles. The lowest BCUT2D eigenvalue weighted by Crippen LogP contribution is -2.03. The molecule has 0 fully saturated rings. The topological polar surface area (TPSA) is 56.0 Å². The fourth-order valence-corrected chi connectivity index (χ4v) is 0.958. The number of pyridine rings is 1. The van der Waals surface area contributed by atoms with Crippen molar-refractivity contribution in [1.82, 2.24) is 4.98 Å². The van der Waals surface area contributed by atoms with Gasteiger partial charge in [0, 0.05) is 18.3 Å². The molecule has 0 bridgehead atoms. The third-order valence-corrected chi connectivity index (χ3v) is 1.61. The minimum atomic E-state index is -0.0698. The fourth-order valence-electron chi connectivity index (χ4n) is 0.958. The normalized spacial score (nSPS) is 9.23. The number of aromatic nitrogens is 1. The first kappa shape index (κ1) is 9.43. The van der Waals surface area contributed by atoms with E-state index in [-0.39, 0.29) is 12.2 Å². The highest BCUT2D eigenvalue weighted by molar-refractivity contribution is 5.97. The van der Waals surface area contributed by atoms with Gasteiger partial charge in [0.15, 0.2) is 5.78 Å². The molecule has 1 rings (SSSR count). The van der Waals surface area contributed by atoms with Gasteiger partial charge in [0.1, 0.15) is 0 Å². The monoisotopic (exact) mass is 174 g/mol. The lowest BCUT2D eigenvalue weighted by Gasteiger charge is -1.99. The van der Waals surface area contributed by atoms with Crippen molar-refractivity contribution >= 4 is 5.78 Å². The molecule has 0 aliphatic carbocycles. The number of rotatable bonds is 3. The molecule has 13 heavy (non-hydrogen) atoms. The van der Waals surface area contributed by atoms with Crippen molar-refractivity contribution in [3.05, 3.63) is 29.6 Å². The summed E-state index contributed by atoms with van der Waals surface area (Å²) in [5, 5.41) is 0. The van der Waals surface area contributed by atoms with Crippen molar-refractivity contribution in [3.8, 4) is 12.3 Å². The third kappa shape index (κ3) is 2.39. The van der Waals surface area contributed by atoms with Crippen LogP contribution in [0.15, 0.2) is 18.3 Å². The Bertz CT molecular complexity index is 352. The van der Waals surface area contributed by atoms with Crippen LogP contribution in [0.5, 0.6) is 0 Å². The molecule has 0 amide bonds. The molecule has 1 aromatic rings. The van der Waals surface area contributed by atoms with Crippen LogP contribution in [0.2, 0.25) is 0 Å². The number of carbonyl (C=O) groups is 1. The van der Waals surface area contributed by atoms with Gasteiger partial charge in [-0.05, 0) is 12.1 Å². The van der Waals surface area contributed by atoms with E-state index in [1.54, 1.807) is 18.3 Å². The van der Waals surface area contributed by atoms with Gasteiger partial charge in [-0.25, -0.2) is 0 Å². The Morgan fingerprint density at radius 1 is 1.69 bits per heavy atom. The molecule has 66 valence electrons. The highest BCUT2D eigenvalue weighted by atomic mass is 16.1. The van der Waals surface area contributed by atoms with Gasteiger partial charge in [-0.3, -0.25) is 9.78 Å². The van der Waals surface area contributed by atoms with E-state index < -0.39 is 0 Å². The van der Waals surface area contributed by atoms with Gasteiger partial charge in [0.25, 0.3) is 0 Å². The molecule has 3 heteroatoms. The maximum Gasteiger partial charge on any atom is 0.174 e. The maximum absolute atomic E-state index is 11.3. The zero-order valence-corrected chi connectivity index (χ0v) is 7.16. The number of hydrogen-bond acceptors (Lipinski definition) is 3. The SMILES string of the molecule is C#CCC(=O)c1ccnc(CN)c1. The van der Waals surface area contributed by atoms with Gasteiger partial charge >= 0.3 is 0 Å². The van der Waals surface area contributed by atoms with Crippen molar-refractivity contribution < 1.29 is 4.79 Å². The first-order valence-electron chi connectivity index (χ1n) is 3.89. The van der Waals surface area contributed by atoms with Crippen molar-refractivity contribution in [1.29, 1.82) is 0 Å². The maximum atomic E-state index is 11.3. The summed E-state index contributed by atoms with van der Waals surface area (Å²) in [7, 11) is 0. The van der Waals surface area contributed by atoms with Crippen LogP contribution in [-0.2, 0) is 6.54 Å². The minimum absolute atomic E-state index is 0.0698. The number of hydrogen-bond donors (Lipinski definition) is 1. The van der Waals surface area contributed by atoms with Crippen LogP contribution in [-0.4, -0.2) is 10.8 Å². The van der Waals surface area contributed by atoms with Crippen LogP contribution in [0.25, 0.3) is 0 Å². The van der Waals surface area contributed by atoms with E-state index in [0.717, 1.165) is 0 Å². The molecule has 2 N–H and O–H groups in total. The van der Waals surface area contributed by atoms with Crippen molar-refractivity contribution in [2.24, 2.45) is 5.73 Å². The largest absolute Gasteiger partial charge is 0.325 e. The number of nitrogens with zero attached hydrogens (tertiary/aromatic N) is 1. The Hall–Kier alpha value is -1.66. The summed E-state index contributed by atoms with van der Waals surface area (Å²) >= 11 is 0. The average molecular weight is 174 g/mol. The number of nitrogens with two attached hydrogens (primary N) is 1. The second-order valence-electron chi connectivity index (χ2n) is 2.54. The lowest BCUT2D eigenvalue weighted by atomic mass is 10.1. The van der Waals surface area contributed by atoms with Gasteiger partial charge in [-0.2, -0.15) is 0 Å². The van der Waals surface area contributed by atoms with E-state index in [2.05, 4.69) is 10.9 Å². The molecule has 0 spiro atoms. The lowest BCUT2D eigenvalue weighted by molar-refractivity contribution is 0.0998. The molecular formula is C10H10N2O. The molecule has 1 aromatic heterocycles. The summed E-state index contributed by atoms with van der Waals surface area (Å²) in [6.07, 6.45) is 6.71. The first-order valence-corrected chi connectivity index (χ1v) is 3.89. The standard InChI is InChI=1S/C10H10N2O/c1-2-3-10(13)8-4-5-12-9(6-8)7-11/h1,4-6H,3,7,11H2. The summed E-state index contributed by atoms with van der Waals surface area (Å²) in [5.74, 6) is 2.23. The van der Waals surface area contributed by atoms with E-state index in [4.69, 9.17) is 12.2 Å². The van der Waals surface area contributed by atoms with E-state index >= 15 is 0 Å². The summed E-state index contributed by atoms with van der Waals surface area (Å²) in [6, 6.07) is 3.30. The summed E-state index contributed by atoms with van der Waals surface area (Å²) in [5.41, 5.74) is 6.65. The second-order valence-corrected chi connectivity index (χ2v) is 2.54. The second kappa shape index (κ2) is 4.39. The predicted octanol–water partition coefficient (Wildman–Crippen LogP) is 0.746. The molecule has 0 atom stereocenters. The molecule has 3 nitrogen and oxygen atoms in total. The van der Waals surface area contributed by atoms with Gasteiger partial charge in [0.2, 0.25) is 0 Å². The van der Waals surface area contributed by atoms with Gasteiger partial charge < -0.3 is 5.73 Å². The number of ketones is 1. The predicted molar refractivity (Wildman–Crippen MR) is 49.9 cm³/mol. The van der Waals surface area contributed by atoms with Gasteiger partial charge in [0.05, 0.1) is 12.1 Å². The average Bonchev–Trinajstić information content (AvgIpc) is 2.18. The number of carbonyl (C=O) groups excluding carboxylic acids is 1. The van der Waals surface area contributed by atoms with Gasteiger partial charge in [-0.15, -0.1) is 6.42 Å². The minimum Gasteiger partial charge on any atom is -0.325 e. The van der Waals surface area contributed by atoms with E-state index in [1.165, 1.54) is 0 Å². The van der Waals surface area contributed by atoms with Crippen LogP contribution in [0.1, 0.15) is 22.5 Å². The highest BCUT2D eigenvalue weighted by Crippen LogP contribution is 2.04. The zero-order valence-electron chi connectivity index (χ0n) is 7.16. The molecule has 0 aromatic carbocycles. The highest BCUT2D eigenvalue weighted by Gasteiger charge is 2.04. The molecule has 0 saturated carbocycles. The van der Waals surface area contributed by atoms with E-state index in [0.29, 0.717) is 17.8 Å². The van der Waals surface area contributed by atoms with Crippen molar-refractivity contribution in [2.75, 3.05) is 0 Å². The Morgan fingerprint density at radius 2 is 2.46 bits per heavy atom. The van der Waals surface area contributed by atoms with Crippen LogP contribution < -0.4 is 5.73 Å². The summed E-state index contributed by atoms with van der Waals surface area (Å²) < 4.78 is 0. The van der Waals surface area contributed by atoms with Crippen LogP contribution >= 0.6 is 0 Å². The molecule has 0 aliphatic rings. The van der Waals surface area contributed by atoms with Crippen molar-refractivity contribution in [3.63, 3.8) is 0 Å². The van der Waals surface area contributed by atoms with Crippen molar-refractivity contribution in [2.45, 2.75) is 13.0 Å². The quantitative estimate of drug-likeness (QED) is 0.543. The summed E-state index contributed by atoms with van der Waals surface area (Å²) in [6.45, 7) is 0.331. The molecule has 0 unspecified atom stereocenters. The zero-order chi connectivity index (χ0) is 9.68. The summed E-state index contributed by atoms with van der Waals surface area (Å²) in [4.78, 5) is 15.3. The van der Waals surface area contributed by atoms with Crippen LogP contribution in [0.4, 0.5) is 0 Å².